The molecule has 1 saturated carbocycles. The van der Waals surface area contributed by atoms with E-state index in [1.165, 1.54) is 12.8 Å². The summed E-state index contributed by atoms with van der Waals surface area (Å²) in [6.45, 7) is 6.77. The molecule has 5 heteroatoms. The monoisotopic (exact) mass is 264 g/mol. The summed E-state index contributed by atoms with van der Waals surface area (Å²) < 4.78 is 5.12. The van der Waals surface area contributed by atoms with Crippen molar-refractivity contribution >= 4 is 11.6 Å². The zero-order chi connectivity index (χ0) is 13.7. The van der Waals surface area contributed by atoms with Crippen molar-refractivity contribution in [3.63, 3.8) is 0 Å². The second-order valence-electron chi connectivity index (χ2n) is 5.58. The fourth-order valence-electron chi connectivity index (χ4n) is 1.82. The van der Waals surface area contributed by atoms with Crippen molar-refractivity contribution in [2.75, 3.05) is 30.8 Å². The van der Waals surface area contributed by atoms with Crippen molar-refractivity contribution in [1.29, 1.82) is 0 Å². The molecule has 0 aromatic carbocycles. The number of hydrogen-bond acceptors (Lipinski definition) is 5. The van der Waals surface area contributed by atoms with Crippen molar-refractivity contribution < 1.29 is 4.74 Å². The molecular weight excluding hydrogens is 240 g/mol. The predicted molar refractivity (Wildman–Crippen MR) is 77.4 cm³/mol. The third-order valence-corrected chi connectivity index (χ3v) is 3.40. The number of hydrogen-bond donors (Lipinski definition) is 2. The smallest absolute Gasteiger partial charge is 0.158 e. The number of nitrogens with one attached hydrogen (secondary N) is 2. The van der Waals surface area contributed by atoms with E-state index in [9.17, 15) is 0 Å². The molecule has 1 aliphatic rings. The van der Waals surface area contributed by atoms with Crippen LogP contribution in [0.3, 0.4) is 0 Å². The number of ether oxygens (including phenoxy) is 1. The van der Waals surface area contributed by atoms with E-state index in [0.717, 1.165) is 31.1 Å². The summed E-state index contributed by atoms with van der Waals surface area (Å²) in [5, 5.41) is 6.72. The first-order valence-corrected chi connectivity index (χ1v) is 7.00. The number of methoxy groups -OCH3 is 1. The maximum Gasteiger partial charge on any atom is 0.158 e. The molecule has 0 aliphatic heterocycles. The van der Waals surface area contributed by atoms with Crippen LogP contribution in [0.25, 0.3) is 0 Å². The summed E-state index contributed by atoms with van der Waals surface area (Å²) in [5.41, 5.74) is 0.462. The highest BCUT2D eigenvalue weighted by Gasteiger charge is 2.36. The maximum absolute atomic E-state index is 5.12. The van der Waals surface area contributed by atoms with Gasteiger partial charge in [-0.1, -0.05) is 13.8 Å². The minimum absolute atomic E-state index is 0.438. The van der Waals surface area contributed by atoms with Crippen LogP contribution in [0.5, 0.6) is 0 Å². The normalized spacial score (nSPS) is 16.2. The van der Waals surface area contributed by atoms with Crippen LogP contribution in [-0.4, -0.2) is 30.2 Å². The van der Waals surface area contributed by atoms with E-state index >= 15 is 0 Å². The SMILES string of the molecule is CCCNc1cc(NCC2(C)CC2)nc(COC)n1. The molecule has 1 aliphatic carbocycles. The lowest BCUT2D eigenvalue weighted by atomic mass is 10.1. The van der Waals surface area contributed by atoms with Gasteiger partial charge in [0.25, 0.3) is 0 Å². The summed E-state index contributed by atoms with van der Waals surface area (Å²) in [7, 11) is 1.66. The van der Waals surface area contributed by atoms with E-state index in [1.807, 2.05) is 6.07 Å². The predicted octanol–water partition coefficient (Wildman–Crippen LogP) is 2.66. The standard InChI is InChI=1S/C14H24N4O/c1-4-7-15-11-8-12(16-10-14(2)5-6-14)18-13(17-11)9-19-3/h8H,4-7,9-10H2,1-3H3,(H2,15,16,17,18). The van der Waals surface area contributed by atoms with Gasteiger partial charge in [-0.2, -0.15) is 0 Å². The Morgan fingerprint density at radius 1 is 1.26 bits per heavy atom. The van der Waals surface area contributed by atoms with Gasteiger partial charge in [0.1, 0.15) is 18.2 Å². The Kier molecular flexibility index (Phi) is 4.58. The topological polar surface area (TPSA) is 59.1 Å². The molecule has 1 heterocycles. The van der Waals surface area contributed by atoms with Gasteiger partial charge in [-0.15, -0.1) is 0 Å². The molecule has 1 aromatic rings. The second-order valence-corrected chi connectivity index (χ2v) is 5.58. The molecule has 1 aromatic heterocycles. The van der Waals surface area contributed by atoms with E-state index in [4.69, 9.17) is 4.74 Å². The van der Waals surface area contributed by atoms with Crippen molar-refractivity contribution in [3.05, 3.63) is 11.9 Å². The average Bonchev–Trinajstić information content (AvgIpc) is 3.13. The van der Waals surface area contributed by atoms with Crippen LogP contribution in [0.2, 0.25) is 0 Å². The molecule has 5 nitrogen and oxygen atoms in total. The number of rotatable bonds is 8. The van der Waals surface area contributed by atoms with Crippen molar-refractivity contribution in [1.82, 2.24) is 9.97 Å². The first-order chi connectivity index (χ1) is 9.15. The van der Waals surface area contributed by atoms with Gasteiger partial charge < -0.3 is 15.4 Å². The Bertz CT molecular complexity index is 418. The van der Waals surface area contributed by atoms with Gasteiger partial charge in [-0.3, -0.25) is 0 Å². The Labute approximate surface area is 115 Å². The van der Waals surface area contributed by atoms with Crippen LogP contribution in [0.4, 0.5) is 11.6 Å². The summed E-state index contributed by atoms with van der Waals surface area (Å²) >= 11 is 0. The molecule has 0 saturated heterocycles. The average molecular weight is 264 g/mol. The molecule has 1 fully saturated rings. The van der Waals surface area contributed by atoms with Crippen LogP contribution in [0.15, 0.2) is 6.07 Å². The van der Waals surface area contributed by atoms with E-state index in [2.05, 4.69) is 34.4 Å². The number of nitrogens with zero attached hydrogens (tertiary/aromatic N) is 2. The largest absolute Gasteiger partial charge is 0.377 e. The van der Waals surface area contributed by atoms with E-state index in [-0.39, 0.29) is 0 Å². The molecule has 106 valence electrons. The van der Waals surface area contributed by atoms with Crippen LogP contribution in [0, 0.1) is 5.41 Å². The minimum Gasteiger partial charge on any atom is -0.377 e. The Morgan fingerprint density at radius 3 is 2.53 bits per heavy atom. The van der Waals surface area contributed by atoms with Gasteiger partial charge in [0.15, 0.2) is 5.82 Å². The highest BCUT2D eigenvalue weighted by molar-refractivity contribution is 5.47. The lowest BCUT2D eigenvalue weighted by molar-refractivity contribution is 0.178. The summed E-state index contributed by atoms with van der Waals surface area (Å²) in [6, 6.07) is 1.97. The molecular formula is C14H24N4O. The lowest BCUT2D eigenvalue weighted by Crippen LogP contribution is -2.14. The zero-order valence-electron chi connectivity index (χ0n) is 12.1. The maximum atomic E-state index is 5.12. The highest BCUT2D eigenvalue weighted by Crippen LogP contribution is 2.44. The van der Waals surface area contributed by atoms with E-state index in [0.29, 0.717) is 17.8 Å². The number of aromatic nitrogens is 2. The lowest BCUT2D eigenvalue weighted by Gasteiger charge is -2.13. The third kappa shape index (κ3) is 4.35. The molecule has 0 radical (unpaired) electrons. The molecule has 0 amide bonds. The van der Waals surface area contributed by atoms with Gasteiger partial charge in [0.2, 0.25) is 0 Å². The van der Waals surface area contributed by atoms with Crippen molar-refractivity contribution in [2.24, 2.45) is 5.41 Å². The molecule has 19 heavy (non-hydrogen) atoms. The Morgan fingerprint density at radius 2 is 1.95 bits per heavy atom. The second kappa shape index (κ2) is 6.19. The highest BCUT2D eigenvalue weighted by atomic mass is 16.5. The van der Waals surface area contributed by atoms with Crippen LogP contribution >= 0.6 is 0 Å². The summed E-state index contributed by atoms with van der Waals surface area (Å²) in [4.78, 5) is 8.91. The van der Waals surface area contributed by atoms with E-state index < -0.39 is 0 Å². The summed E-state index contributed by atoms with van der Waals surface area (Å²) in [5.74, 6) is 2.47. The van der Waals surface area contributed by atoms with Crippen LogP contribution < -0.4 is 10.6 Å². The number of anilines is 2. The molecule has 0 bridgehead atoms. The quantitative estimate of drug-likeness (QED) is 0.756. The first kappa shape index (κ1) is 14.1. The fourth-order valence-corrected chi connectivity index (χ4v) is 1.82. The molecule has 0 atom stereocenters. The van der Waals surface area contributed by atoms with Crippen molar-refractivity contribution in [3.8, 4) is 0 Å². The van der Waals surface area contributed by atoms with Crippen molar-refractivity contribution in [2.45, 2.75) is 39.7 Å². The Balaban J connectivity index is 2.03. The Hall–Kier alpha value is -1.36. The summed E-state index contributed by atoms with van der Waals surface area (Å²) in [6.07, 6.45) is 3.68. The fraction of sp³-hybridized carbons (Fsp3) is 0.714. The molecule has 0 unspecified atom stereocenters. The van der Waals surface area contributed by atoms with Gasteiger partial charge in [0, 0.05) is 26.3 Å². The molecule has 2 rings (SSSR count). The minimum atomic E-state index is 0.438. The third-order valence-electron chi connectivity index (χ3n) is 3.40. The first-order valence-electron chi connectivity index (χ1n) is 7.00. The van der Waals surface area contributed by atoms with Gasteiger partial charge in [-0.05, 0) is 24.7 Å². The van der Waals surface area contributed by atoms with Gasteiger partial charge in [-0.25, -0.2) is 9.97 Å². The van der Waals surface area contributed by atoms with Crippen LogP contribution in [0.1, 0.15) is 38.9 Å². The molecule has 2 N–H and O–H groups in total. The van der Waals surface area contributed by atoms with Crippen LogP contribution in [-0.2, 0) is 11.3 Å². The van der Waals surface area contributed by atoms with Gasteiger partial charge >= 0.3 is 0 Å². The molecule has 0 spiro atoms. The van der Waals surface area contributed by atoms with Gasteiger partial charge in [0.05, 0.1) is 0 Å². The zero-order valence-corrected chi connectivity index (χ0v) is 12.1. The van der Waals surface area contributed by atoms with E-state index in [1.54, 1.807) is 7.11 Å².